The fourth-order valence-electron chi connectivity index (χ4n) is 7.94. The summed E-state index contributed by atoms with van der Waals surface area (Å²) in [5, 5.41) is 2.08. The van der Waals surface area contributed by atoms with E-state index < -0.39 is 144 Å². The Morgan fingerprint density at radius 3 is 1.10 bits per heavy atom. The third-order valence-corrected chi connectivity index (χ3v) is 11.2. The maximum absolute atomic E-state index is 15.4. The normalized spacial score (nSPS) is 11.5. The van der Waals surface area contributed by atoms with Gasteiger partial charge in [-0.3, -0.25) is 14.6 Å². The van der Waals surface area contributed by atoms with E-state index in [2.05, 4.69) is 4.98 Å². The van der Waals surface area contributed by atoms with E-state index in [1.807, 2.05) is 54.6 Å². The highest BCUT2D eigenvalue weighted by atomic mass is 19.2. The zero-order valence-electron chi connectivity index (χ0n) is 34.7. The van der Waals surface area contributed by atoms with Crippen LogP contribution in [0.4, 0.5) is 87.8 Å². The van der Waals surface area contributed by atoms with Crippen LogP contribution in [0.2, 0.25) is 0 Å². The van der Waals surface area contributed by atoms with E-state index in [1.165, 1.54) is 6.20 Å². The predicted molar refractivity (Wildman–Crippen MR) is 212 cm³/mol. The Labute approximate surface area is 387 Å². The van der Waals surface area contributed by atoms with Crippen molar-refractivity contribution in [1.29, 1.82) is 0 Å². The summed E-state index contributed by atoms with van der Waals surface area (Å²) in [6.45, 7) is 0.0845. The molecule has 8 rings (SSSR count). The van der Waals surface area contributed by atoms with Gasteiger partial charge in [0.05, 0.1) is 6.20 Å². The van der Waals surface area contributed by atoms with Crippen molar-refractivity contribution in [2.75, 3.05) is 0 Å². The lowest BCUT2D eigenvalue weighted by Crippen LogP contribution is -2.81. The number of carbonyl (C=O) groups excluding carboxylic acids is 2. The molecule has 0 fully saturated rings. The molecule has 0 atom stereocenters. The molecule has 0 spiro atoms. The lowest BCUT2D eigenvalue weighted by molar-refractivity contribution is -0.685. The van der Waals surface area contributed by atoms with Crippen LogP contribution in [0.5, 0.6) is 0 Å². The zero-order valence-corrected chi connectivity index (χ0v) is 34.7. The molecule has 0 amide bonds. The number of hydrogen-bond acceptors (Lipinski definition) is 3. The van der Waals surface area contributed by atoms with Crippen molar-refractivity contribution in [3.8, 4) is 0 Å². The molecular weight excluding hydrogens is 1020 g/mol. The number of hydrogen-bond donors (Lipinski definition) is 0. The summed E-state index contributed by atoms with van der Waals surface area (Å²) in [5.74, 6) is -71.6. The Balaban J connectivity index is 0.000000238. The summed E-state index contributed by atoms with van der Waals surface area (Å²) in [7, 11) is 0. The number of rotatable bonds is 9. The third-order valence-electron chi connectivity index (χ3n) is 11.2. The quantitative estimate of drug-likeness (QED) is 0.0362. The molecule has 0 N–H and O–H groups in total. The van der Waals surface area contributed by atoms with E-state index in [0.29, 0.717) is 16.8 Å². The van der Waals surface area contributed by atoms with E-state index in [4.69, 9.17) is 0 Å². The minimum Gasteiger partial charge on any atom is -0.287 e. The van der Waals surface area contributed by atoms with Gasteiger partial charge in [-0.2, -0.15) is 4.57 Å². The SMILES string of the molecule is Fc1c(F)c(F)c([B-](c2c(F)c(F)c(F)c(F)c2F)(c2c(F)c(F)c(F)c(F)c2F)c2c(F)c(F)c(F)c(F)c2F)c(F)c1F.O=C(C[n+]1ccncc1C(=O)c1ccc2ccccc2c1)c1ccccc1. The maximum atomic E-state index is 15.4. The fraction of sp³-hybridized carbons (Fsp3) is 0.0213. The van der Waals surface area contributed by atoms with Crippen molar-refractivity contribution in [2.24, 2.45) is 0 Å². The average Bonchev–Trinajstić information content (AvgIpc) is 3.38. The van der Waals surface area contributed by atoms with Crippen LogP contribution in [0, 0.1) is 116 Å². The fourth-order valence-corrected chi connectivity index (χ4v) is 7.94. The molecule has 4 nitrogen and oxygen atoms in total. The number of ketones is 2. The van der Waals surface area contributed by atoms with E-state index in [-0.39, 0.29) is 18.1 Å². The lowest BCUT2D eigenvalue weighted by Gasteiger charge is -2.44. The van der Waals surface area contributed by atoms with Gasteiger partial charge in [-0.15, -0.1) is 21.9 Å². The van der Waals surface area contributed by atoms with Gasteiger partial charge >= 0.3 is 0 Å². The molecule has 0 radical (unpaired) electrons. The number of benzene rings is 7. The Kier molecular flexibility index (Phi) is 14.1. The van der Waals surface area contributed by atoms with Crippen molar-refractivity contribution >= 4 is 50.3 Å². The summed E-state index contributed by atoms with van der Waals surface area (Å²) >= 11 is 0. The second kappa shape index (κ2) is 19.6. The first-order valence-corrected chi connectivity index (χ1v) is 19.6. The van der Waals surface area contributed by atoms with E-state index in [1.54, 1.807) is 35.2 Å². The van der Waals surface area contributed by atoms with Crippen LogP contribution in [0.3, 0.4) is 0 Å². The summed E-state index contributed by atoms with van der Waals surface area (Å²) < 4.78 is 296. The van der Waals surface area contributed by atoms with Gasteiger partial charge in [0.2, 0.25) is 12.3 Å². The molecule has 0 aliphatic rings. The van der Waals surface area contributed by atoms with Crippen LogP contribution in [0.15, 0.2) is 91.4 Å². The Hall–Kier alpha value is -8.12. The summed E-state index contributed by atoms with van der Waals surface area (Å²) in [5.41, 5.74) is -12.8. The lowest BCUT2D eigenvalue weighted by atomic mass is 9.12. The molecular formula is C47H17BF20N2O2. The molecule has 0 aliphatic heterocycles. The van der Waals surface area contributed by atoms with Gasteiger partial charge in [0.25, 0.3) is 11.5 Å². The molecule has 25 heteroatoms. The molecule has 0 aliphatic carbocycles. The van der Waals surface area contributed by atoms with Gasteiger partial charge in [0.15, 0.2) is 76.0 Å². The van der Waals surface area contributed by atoms with Crippen LogP contribution in [0.25, 0.3) is 10.8 Å². The van der Waals surface area contributed by atoms with Gasteiger partial charge < -0.3 is 0 Å². The van der Waals surface area contributed by atoms with Crippen LogP contribution >= 0.6 is 0 Å². The van der Waals surface area contributed by atoms with Crippen molar-refractivity contribution in [2.45, 2.75) is 6.54 Å². The van der Waals surface area contributed by atoms with Crippen LogP contribution in [-0.4, -0.2) is 22.7 Å². The first-order chi connectivity index (χ1) is 33.9. The molecule has 0 saturated heterocycles. The number of aromatic nitrogens is 2. The summed E-state index contributed by atoms with van der Waals surface area (Å²) in [4.78, 5) is 29.7. The van der Waals surface area contributed by atoms with E-state index in [9.17, 15) is 62.3 Å². The van der Waals surface area contributed by atoms with Gasteiger partial charge in [0.1, 0.15) is 58.9 Å². The molecule has 1 aromatic heterocycles. The zero-order chi connectivity index (χ0) is 53.0. The van der Waals surface area contributed by atoms with E-state index >= 15 is 35.1 Å². The molecule has 72 heavy (non-hydrogen) atoms. The number of Topliss-reactive ketones (excluding diaryl/α,β-unsaturated/α-hetero) is 1. The van der Waals surface area contributed by atoms with Crippen molar-refractivity contribution < 1.29 is 102 Å². The smallest absolute Gasteiger partial charge is 0.272 e. The number of fused-ring (bicyclic) bond motifs is 1. The second-order valence-corrected chi connectivity index (χ2v) is 15.1. The van der Waals surface area contributed by atoms with Crippen molar-refractivity contribution in [3.05, 3.63) is 225 Å². The monoisotopic (exact) mass is 1030 g/mol. The Morgan fingerprint density at radius 2 is 0.722 bits per heavy atom. The Bertz CT molecular complexity index is 3180. The number of halogens is 20. The minimum atomic E-state index is -7.22. The molecule has 1 heterocycles. The standard InChI is InChI=1S/C24BF20.C23H17N2O2/c26-5-1(6(27)14(35)21(42)13(5)34)25(2-7(28)15(36)22(43)16(37)8(2)29,3-9(30)17(38)23(44)18(39)10(3)31)4-11(32)19(40)24(45)20(41)12(4)33;26-22(18-7-2-1-3-8-18)16-25-13-12-24-15-21(25)23(27)20-11-10-17-6-4-5-9-19(17)14-20/h;1-15H,16H2/q-1;+1. The van der Waals surface area contributed by atoms with Crippen LogP contribution in [-0.2, 0) is 6.54 Å². The first-order valence-electron chi connectivity index (χ1n) is 19.6. The highest BCUT2D eigenvalue weighted by molar-refractivity contribution is 7.20. The van der Waals surface area contributed by atoms with Crippen molar-refractivity contribution in [1.82, 2.24) is 4.98 Å². The maximum Gasteiger partial charge on any atom is 0.272 e. The first kappa shape index (κ1) is 51.7. The molecule has 7 aromatic carbocycles. The summed E-state index contributed by atoms with van der Waals surface area (Å²) in [6, 6.07) is 22.6. The molecule has 8 aromatic rings. The number of nitrogens with zero attached hydrogens (tertiary/aromatic N) is 2. The van der Waals surface area contributed by atoms with Gasteiger partial charge in [-0.1, -0.05) is 66.7 Å². The highest BCUT2D eigenvalue weighted by Gasteiger charge is 2.52. The molecule has 370 valence electrons. The predicted octanol–water partition coefficient (Wildman–Crippen LogP) is 9.48. The number of carbonyl (C=O) groups is 2. The summed E-state index contributed by atoms with van der Waals surface area (Å²) in [6.07, 6.45) is -2.47. The highest BCUT2D eigenvalue weighted by Crippen LogP contribution is 2.31. The molecule has 0 bridgehead atoms. The molecule has 0 saturated carbocycles. The van der Waals surface area contributed by atoms with Crippen LogP contribution in [0.1, 0.15) is 26.4 Å². The Morgan fingerprint density at radius 1 is 0.389 bits per heavy atom. The van der Waals surface area contributed by atoms with E-state index in [0.717, 1.165) is 10.8 Å². The average molecular weight is 1030 g/mol. The largest absolute Gasteiger partial charge is 0.287 e. The van der Waals surface area contributed by atoms with Gasteiger partial charge in [-0.05, 0) is 16.8 Å². The van der Waals surface area contributed by atoms with Crippen molar-refractivity contribution in [3.63, 3.8) is 0 Å². The third kappa shape index (κ3) is 8.24. The second-order valence-electron chi connectivity index (χ2n) is 15.1. The van der Waals surface area contributed by atoms with Gasteiger partial charge in [0, 0.05) is 11.1 Å². The topological polar surface area (TPSA) is 50.9 Å². The van der Waals surface area contributed by atoms with Crippen LogP contribution < -0.4 is 26.4 Å². The van der Waals surface area contributed by atoms with Gasteiger partial charge in [-0.25, -0.2) is 87.8 Å². The minimum absolute atomic E-state index is 0.0561. The molecule has 0 unspecified atom stereocenters.